The van der Waals surface area contributed by atoms with E-state index in [1.54, 1.807) is 0 Å². The summed E-state index contributed by atoms with van der Waals surface area (Å²) in [4.78, 5) is 9.93. The van der Waals surface area contributed by atoms with Crippen molar-refractivity contribution in [3.63, 3.8) is 0 Å². The molecule has 0 aliphatic rings. The van der Waals surface area contributed by atoms with Gasteiger partial charge in [0.2, 0.25) is 0 Å². The Kier molecular flexibility index (Phi) is 8.91. The number of hydrogen-bond donors (Lipinski definition) is 0. The molecule has 0 heterocycles. The lowest BCUT2D eigenvalue weighted by molar-refractivity contribution is -0.107. The third-order valence-corrected chi connectivity index (χ3v) is 1.60. The first-order valence-electron chi connectivity index (χ1n) is 4.50. The first-order valence-corrected chi connectivity index (χ1v) is 4.50. The second kappa shape index (κ2) is 9.41. The topological polar surface area (TPSA) is 17.1 Å². The minimum Gasteiger partial charge on any atom is -0.303 e. The average Bonchev–Trinajstić information content (AvgIpc) is 2.03. The van der Waals surface area contributed by atoms with E-state index in [1.807, 2.05) is 0 Å². The van der Waals surface area contributed by atoms with E-state index in [4.69, 9.17) is 0 Å². The molecule has 0 aromatic carbocycles. The molecule has 64 valence electrons. The van der Waals surface area contributed by atoms with Crippen molar-refractivity contribution < 1.29 is 4.79 Å². The summed E-state index contributed by atoms with van der Waals surface area (Å²) in [5, 5.41) is 0. The zero-order chi connectivity index (χ0) is 8.36. The van der Waals surface area contributed by atoms with Crippen molar-refractivity contribution in [2.45, 2.75) is 45.4 Å². The molecular formula is C10H18O. The van der Waals surface area contributed by atoms with Gasteiger partial charge in [0.05, 0.1) is 0 Å². The molecule has 0 aliphatic heterocycles. The molecule has 0 saturated heterocycles. The monoisotopic (exact) mass is 154 g/mol. The maximum absolute atomic E-state index is 9.93. The number of aldehydes is 1. The molecule has 0 N–H and O–H groups in total. The van der Waals surface area contributed by atoms with Crippen LogP contribution in [0.25, 0.3) is 0 Å². The van der Waals surface area contributed by atoms with Gasteiger partial charge in [-0.25, -0.2) is 0 Å². The Bertz CT molecular complexity index is 105. The zero-order valence-electron chi connectivity index (χ0n) is 7.38. The summed E-state index contributed by atoms with van der Waals surface area (Å²) in [7, 11) is 0. The minimum atomic E-state index is 0.734. The van der Waals surface area contributed by atoms with Crippen LogP contribution in [0.2, 0.25) is 0 Å². The Morgan fingerprint density at radius 1 is 1.00 bits per heavy atom. The van der Waals surface area contributed by atoms with E-state index in [2.05, 4.69) is 19.1 Å². The first-order chi connectivity index (χ1) is 5.41. The van der Waals surface area contributed by atoms with Crippen molar-refractivity contribution in [2.24, 2.45) is 0 Å². The number of rotatable bonds is 7. The van der Waals surface area contributed by atoms with E-state index in [-0.39, 0.29) is 0 Å². The van der Waals surface area contributed by atoms with Crippen LogP contribution in [0, 0.1) is 0 Å². The summed E-state index contributed by atoms with van der Waals surface area (Å²) < 4.78 is 0. The average molecular weight is 154 g/mol. The van der Waals surface area contributed by atoms with E-state index in [1.165, 1.54) is 19.3 Å². The Morgan fingerprint density at radius 3 is 2.36 bits per heavy atom. The molecule has 0 fully saturated rings. The third-order valence-electron chi connectivity index (χ3n) is 1.60. The lowest BCUT2D eigenvalue weighted by Crippen LogP contribution is -1.77. The van der Waals surface area contributed by atoms with Gasteiger partial charge >= 0.3 is 0 Å². The van der Waals surface area contributed by atoms with Crippen LogP contribution in [-0.4, -0.2) is 6.29 Å². The fourth-order valence-corrected chi connectivity index (χ4v) is 0.951. The van der Waals surface area contributed by atoms with Crippen LogP contribution >= 0.6 is 0 Å². The van der Waals surface area contributed by atoms with Gasteiger partial charge in [0, 0.05) is 6.42 Å². The molecule has 0 aliphatic carbocycles. The van der Waals surface area contributed by atoms with Gasteiger partial charge in [0.1, 0.15) is 6.29 Å². The van der Waals surface area contributed by atoms with Gasteiger partial charge in [-0.1, -0.05) is 25.5 Å². The molecule has 0 unspecified atom stereocenters. The summed E-state index contributed by atoms with van der Waals surface area (Å²) in [6, 6.07) is 0. The van der Waals surface area contributed by atoms with Crippen molar-refractivity contribution >= 4 is 6.29 Å². The lowest BCUT2D eigenvalue weighted by atomic mass is 10.1. The predicted molar refractivity (Wildman–Crippen MR) is 48.6 cm³/mol. The van der Waals surface area contributed by atoms with Crippen LogP contribution in [0.1, 0.15) is 45.4 Å². The second-order valence-corrected chi connectivity index (χ2v) is 2.68. The van der Waals surface area contributed by atoms with E-state index < -0.39 is 0 Å². The van der Waals surface area contributed by atoms with E-state index >= 15 is 0 Å². The van der Waals surface area contributed by atoms with E-state index in [0.29, 0.717) is 0 Å². The third kappa shape index (κ3) is 9.41. The smallest absolute Gasteiger partial charge is 0.119 e. The van der Waals surface area contributed by atoms with Gasteiger partial charge in [-0.2, -0.15) is 0 Å². The summed E-state index contributed by atoms with van der Waals surface area (Å²) >= 11 is 0. The molecule has 11 heavy (non-hydrogen) atoms. The Labute approximate surface area is 69.5 Å². The van der Waals surface area contributed by atoms with Gasteiger partial charge in [0.25, 0.3) is 0 Å². The van der Waals surface area contributed by atoms with Gasteiger partial charge < -0.3 is 4.79 Å². The Hall–Kier alpha value is -0.590. The molecule has 0 saturated carbocycles. The van der Waals surface area contributed by atoms with Crippen LogP contribution in [0.5, 0.6) is 0 Å². The maximum Gasteiger partial charge on any atom is 0.119 e. The first kappa shape index (κ1) is 10.4. The van der Waals surface area contributed by atoms with E-state index in [0.717, 1.165) is 25.5 Å². The second-order valence-electron chi connectivity index (χ2n) is 2.68. The van der Waals surface area contributed by atoms with Crippen molar-refractivity contribution in [3.8, 4) is 0 Å². The molecule has 1 nitrogen and oxygen atoms in total. The highest BCUT2D eigenvalue weighted by molar-refractivity contribution is 5.48. The van der Waals surface area contributed by atoms with Gasteiger partial charge in [-0.3, -0.25) is 0 Å². The lowest BCUT2D eigenvalue weighted by Gasteiger charge is -1.92. The van der Waals surface area contributed by atoms with Gasteiger partial charge in [-0.15, -0.1) is 0 Å². The SMILES string of the molecule is CC/C=C\CCCCCC=O. The zero-order valence-corrected chi connectivity index (χ0v) is 7.38. The summed E-state index contributed by atoms with van der Waals surface area (Å²) in [6.45, 7) is 2.14. The van der Waals surface area contributed by atoms with Gasteiger partial charge in [-0.05, 0) is 25.7 Å². The fraction of sp³-hybridized carbons (Fsp3) is 0.700. The quantitative estimate of drug-likeness (QED) is 0.313. The molecule has 0 amide bonds. The molecule has 0 atom stereocenters. The van der Waals surface area contributed by atoms with Crippen molar-refractivity contribution in [3.05, 3.63) is 12.2 Å². The molecule has 1 heteroatoms. The van der Waals surface area contributed by atoms with Crippen molar-refractivity contribution in [1.29, 1.82) is 0 Å². The standard InChI is InChI=1S/C10H18O/c1-2-3-4-5-6-7-8-9-10-11/h3-4,10H,2,5-9H2,1H3/b4-3-. The highest BCUT2D eigenvalue weighted by Gasteiger charge is 1.85. The molecular weight excluding hydrogens is 136 g/mol. The van der Waals surface area contributed by atoms with Crippen LogP contribution in [0.3, 0.4) is 0 Å². The largest absolute Gasteiger partial charge is 0.303 e. The molecule has 0 bridgehead atoms. The van der Waals surface area contributed by atoms with E-state index in [9.17, 15) is 4.79 Å². The van der Waals surface area contributed by atoms with Crippen LogP contribution in [-0.2, 0) is 4.79 Å². The van der Waals surface area contributed by atoms with Crippen molar-refractivity contribution in [2.75, 3.05) is 0 Å². The minimum absolute atomic E-state index is 0.734. The summed E-state index contributed by atoms with van der Waals surface area (Å²) in [6.07, 6.45) is 11.9. The molecule has 0 radical (unpaired) electrons. The molecule has 0 spiro atoms. The number of carbonyl (C=O) groups is 1. The fourth-order valence-electron chi connectivity index (χ4n) is 0.951. The number of carbonyl (C=O) groups excluding carboxylic acids is 1. The van der Waals surface area contributed by atoms with Crippen LogP contribution < -0.4 is 0 Å². The molecule has 0 aromatic heterocycles. The molecule has 0 rings (SSSR count). The predicted octanol–water partition coefficient (Wildman–Crippen LogP) is 3.10. The Morgan fingerprint density at radius 2 is 1.73 bits per heavy atom. The number of hydrogen-bond acceptors (Lipinski definition) is 1. The highest BCUT2D eigenvalue weighted by Crippen LogP contribution is 2.02. The van der Waals surface area contributed by atoms with Crippen molar-refractivity contribution in [1.82, 2.24) is 0 Å². The number of unbranched alkanes of at least 4 members (excludes halogenated alkanes) is 4. The maximum atomic E-state index is 9.93. The number of allylic oxidation sites excluding steroid dienone is 2. The summed E-state index contributed by atoms with van der Waals surface area (Å²) in [5.41, 5.74) is 0. The van der Waals surface area contributed by atoms with Crippen LogP contribution in [0.4, 0.5) is 0 Å². The van der Waals surface area contributed by atoms with Gasteiger partial charge in [0.15, 0.2) is 0 Å². The Balaban J connectivity index is 2.90. The summed E-state index contributed by atoms with van der Waals surface area (Å²) in [5.74, 6) is 0. The highest BCUT2D eigenvalue weighted by atomic mass is 16.1. The van der Waals surface area contributed by atoms with Crippen LogP contribution in [0.15, 0.2) is 12.2 Å². The normalized spacial score (nSPS) is 10.6. The molecule has 0 aromatic rings.